The van der Waals surface area contributed by atoms with Crippen molar-refractivity contribution in [2.24, 2.45) is 0 Å². The highest BCUT2D eigenvalue weighted by Crippen LogP contribution is 2.15. The third-order valence-corrected chi connectivity index (χ3v) is 5.07. The van der Waals surface area contributed by atoms with Crippen molar-refractivity contribution in [2.75, 3.05) is 33.3 Å². The van der Waals surface area contributed by atoms with E-state index >= 15 is 0 Å². The number of esters is 1. The summed E-state index contributed by atoms with van der Waals surface area (Å²) in [6, 6.07) is 12.0. The maximum Gasteiger partial charge on any atom is 0.337 e. The van der Waals surface area contributed by atoms with Gasteiger partial charge < -0.3 is 4.74 Å². The quantitative estimate of drug-likeness (QED) is 0.789. The lowest BCUT2D eigenvalue weighted by Gasteiger charge is -2.34. The van der Waals surface area contributed by atoms with Crippen molar-refractivity contribution < 1.29 is 9.53 Å². The van der Waals surface area contributed by atoms with Crippen molar-refractivity contribution in [3.63, 3.8) is 0 Å². The van der Waals surface area contributed by atoms with E-state index in [2.05, 4.69) is 27.3 Å². The van der Waals surface area contributed by atoms with Gasteiger partial charge in [0.25, 0.3) is 0 Å². The summed E-state index contributed by atoms with van der Waals surface area (Å²) >= 11 is 1.83. The average molecular weight is 330 g/mol. The first-order chi connectivity index (χ1) is 11.2. The van der Waals surface area contributed by atoms with Gasteiger partial charge in [-0.2, -0.15) is 0 Å². The van der Waals surface area contributed by atoms with Crippen molar-refractivity contribution in [2.45, 2.75) is 13.1 Å². The Bertz CT molecular complexity index is 617. The molecule has 1 aromatic carbocycles. The molecule has 1 fully saturated rings. The van der Waals surface area contributed by atoms with Crippen molar-refractivity contribution in [3.05, 3.63) is 57.8 Å². The minimum absolute atomic E-state index is 0.279. The summed E-state index contributed by atoms with van der Waals surface area (Å²) in [7, 11) is 1.41. The molecule has 0 aliphatic carbocycles. The summed E-state index contributed by atoms with van der Waals surface area (Å²) in [6.07, 6.45) is 0. The Morgan fingerprint density at radius 2 is 1.70 bits per heavy atom. The Balaban J connectivity index is 1.47. The number of hydrogen-bond acceptors (Lipinski definition) is 5. The van der Waals surface area contributed by atoms with Crippen LogP contribution in [0.1, 0.15) is 20.8 Å². The molecule has 1 saturated heterocycles. The number of methoxy groups -OCH3 is 1. The van der Waals surface area contributed by atoms with Gasteiger partial charge in [0.1, 0.15) is 0 Å². The predicted molar refractivity (Wildman–Crippen MR) is 92.7 cm³/mol. The molecule has 0 N–H and O–H groups in total. The second-order valence-electron chi connectivity index (χ2n) is 5.82. The minimum atomic E-state index is -0.279. The molecule has 2 heterocycles. The molecule has 0 bridgehead atoms. The summed E-state index contributed by atoms with van der Waals surface area (Å²) < 4.78 is 4.73. The molecule has 23 heavy (non-hydrogen) atoms. The van der Waals surface area contributed by atoms with Crippen molar-refractivity contribution >= 4 is 17.3 Å². The van der Waals surface area contributed by atoms with E-state index in [1.54, 1.807) is 0 Å². The summed E-state index contributed by atoms with van der Waals surface area (Å²) in [5.41, 5.74) is 1.85. The summed E-state index contributed by atoms with van der Waals surface area (Å²) in [5, 5.41) is 2.14. The molecular formula is C18H22N2O2S. The first-order valence-corrected chi connectivity index (χ1v) is 8.77. The second-order valence-corrected chi connectivity index (χ2v) is 6.85. The van der Waals surface area contributed by atoms with Crippen LogP contribution in [-0.2, 0) is 17.8 Å². The van der Waals surface area contributed by atoms with Gasteiger partial charge in [-0.15, -0.1) is 11.3 Å². The lowest BCUT2D eigenvalue weighted by Crippen LogP contribution is -2.45. The average Bonchev–Trinajstić information content (AvgIpc) is 3.10. The van der Waals surface area contributed by atoms with Crippen LogP contribution in [0.25, 0.3) is 0 Å². The predicted octanol–water partition coefficient (Wildman–Crippen LogP) is 2.85. The Labute approximate surface area is 141 Å². The van der Waals surface area contributed by atoms with Crippen molar-refractivity contribution in [3.8, 4) is 0 Å². The Morgan fingerprint density at radius 1 is 1.04 bits per heavy atom. The van der Waals surface area contributed by atoms with Crippen LogP contribution in [0, 0.1) is 0 Å². The second kappa shape index (κ2) is 7.73. The molecule has 0 amide bonds. The largest absolute Gasteiger partial charge is 0.465 e. The highest BCUT2D eigenvalue weighted by Gasteiger charge is 2.17. The van der Waals surface area contributed by atoms with Gasteiger partial charge in [-0.1, -0.05) is 18.2 Å². The van der Waals surface area contributed by atoms with E-state index in [1.807, 2.05) is 35.6 Å². The Kier molecular flexibility index (Phi) is 5.43. The molecule has 0 radical (unpaired) electrons. The van der Waals surface area contributed by atoms with Crippen LogP contribution in [-0.4, -0.2) is 49.1 Å². The number of piperazine rings is 1. The van der Waals surface area contributed by atoms with Gasteiger partial charge in [0.2, 0.25) is 0 Å². The highest BCUT2D eigenvalue weighted by molar-refractivity contribution is 7.09. The van der Waals surface area contributed by atoms with Gasteiger partial charge in [0.05, 0.1) is 12.7 Å². The maximum absolute atomic E-state index is 11.4. The monoisotopic (exact) mass is 330 g/mol. The van der Waals surface area contributed by atoms with Crippen LogP contribution in [0.3, 0.4) is 0 Å². The van der Waals surface area contributed by atoms with Crippen LogP contribution in [0.4, 0.5) is 0 Å². The van der Waals surface area contributed by atoms with Crippen LogP contribution in [0.2, 0.25) is 0 Å². The Morgan fingerprint density at radius 3 is 2.26 bits per heavy atom. The van der Waals surface area contributed by atoms with Gasteiger partial charge in [0, 0.05) is 44.1 Å². The number of carbonyl (C=O) groups excluding carboxylic acids is 1. The lowest BCUT2D eigenvalue weighted by molar-refractivity contribution is 0.0600. The topological polar surface area (TPSA) is 32.8 Å². The molecule has 0 saturated carbocycles. The molecule has 0 spiro atoms. The van der Waals surface area contributed by atoms with E-state index in [9.17, 15) is 4.79 Å². The summed E-state index contributed by atoms with van der Waals surface area (Å²) in [4.78, 5) is 17.9. The Hall–Kier alpha value is -1.69. The first-order valence-electron chi connectivity index (χ1n) is 7.89. The number of thiophene rings is 1. The number of rotatable bonds is 5. The first kappa shape index (κ1) is 16.2. The van der Waals surface area contributed by atoms with E-state index in [0.717, 1.165) is 39.3 Å². The zero-order chi connectivity index (χ0) is 16.1. The summed E-state index contributed by atoms with van der Waals surface area (Å²) in [6.45, 7) is 6.40. The van der Waals surface area contributed by atoms with Crippen molar-refractivity contribution in [1.29, 1.82) is 0 Å². The summed E-state index contributed by atoms with van der Waals surface area (Å²) in [5.74, 6) is -0.279. The highest BCUT2D eigenvalue weighted by atomic mass is 32.1. The number of benzene rings is 1. The molecule has 0 unspecified atom stereocenters. The molecule has 122 valence electrons. The molecule has 2 aromatic rings. The van der Waals surface area contributed by atoms with Crippen LogP contribution in [0.5, 0.6) is 0 Å². The third-order valence-electron chi connectivity index (χ3n) is 4.21. The van der Waals surface area contributed by atoms with E-state index in [0.29, 0.717) is 5.56 Å². The van der Waals surface area contributed by atoms with Gasteiger partial charge in [-0.25, -0.2) is 4.79 Å². The SMILES string of the molecule is COC(=O)c1ccc(CN2CCN(Cc3cccs3)CC2)cc1. The fraction of sp³-hybridized carbons (Fsp3) is 0.389. The third kappa shape index (κ3) is 4.41. The van der Waals surface area contributed by atoms with Gasteiger partial charge in [-0.3, -0.25) is 9.80 Å². The van der Waals surface area contributed by atoms with Crippen LogP contribution >= 0.6 is 11.3 Å². The molecule has 5 heteroatoms. The molecule has 4 nitrogen and oxygen atoms in total. The smallest absolute Gasteiger partial charge is 0.337 e. The lowest BCUT2D eigenvalue weighted by atomic mass is 10.1. The molecule has 1 aliphatic rings. The van der Waals surface area contributed by atoms with E-state index < -0.39 is 0 Å². The molecule has 1 aromatic heterocycles. The normalized spacial score (nSPS) is 16.4. The minimum Gasteiger partial charge on any atom is -0.465 e. The molecular weight excluding hydrogens is 308 g/mol. The standard InChI is InChI=1S/C18H22N2O2S/c1-22-18(21)16-6-4-15(5-7-16)13-19-8-10-20(11-9-19)14-17-3-2-12-23-17/h2-7,12H,8-11,13-14H2,1H3. The number of carbonyl (C=O) groups is 1. The van der Waals surface area contributed by atoms with Gasteiger partial charge in [-0.05, 0) is 29.1 Å². The van der Waals surface area contributed by atoms with Crippen LogP contribution in [0.15, 0.2) is 41.8 Å². The maximum atomic E-state index is 11.4. The van der Waals surface area contributed by atoms with E-state index in [1.165, 1.54) is 17.6 Å². The molecule has 0 atom stereocenters. The zero-order valence-electron chi connectivity index (χ0n) is 13.4. The van der Waals surface area contributed by atoms with Crippen LogP contribution < -0.4 is 0 Å². The zero-order valence-corrected chi connectivity index (χ0v) is 14.2. The van der Waals surface area contributed by atoms with Gasteiger partial charge >= 0.3 is 5.97 Å². The number of nitrogens with zero attached hydrogens (tertiary/aromatic N) is 2. The van der Waals surface area contributed by atoms with Crippen molar-refractivity contribution in [1.82, 2.24) is 9.80 Å². The fourth-order valence-corrected chi connectivity index (χ4v) is 3.60. The number of hydrogen-bond donors (Lipinski definition) is 0. The fourth-order valence-electron chi connectivity index (χ4n) is 2.85. The molecule has 3 rings (SSSR count). The number of ether oxygens (including phenoxy) is 1. The molecule has 1 aliphatic heterocycles. The van der Waals surface area contributed by atoms with Gasteiger partial charge in [0.15, 0.2) is 0 Å². The van der Waals surface area contributed by atoms with E-state index in [4.69, 9.17) is 4.74 Å². The van der Waals surface area contributed by atoms with E-state index in [-0.39, 0.29) is 5.97 Å².